The van der Waals surface area contributed by atoms with Gasteiger partial charge in [0.05, 0.1) is 12.2 Å². The molecular formula is C22H35N3O4. The van der Waals surface area contributed by atoms with Crippen molar-refractivity contribution >= 4 is 17.7 Å². The number of hydrogen-bond acceptors (Lipinski definition) is 5. The van der Waals surface area contributed by atoms with E-state index >= 15 is 0 Å². The first-order valence-electron chi connectivity index (χ1n) is 10.1. The normalized spacial score (nSPS) is 20.8. The van der Waals surface area contributed by atoms with Crippen LogP contribution in [0.4, 0.5) is 10.5 Å². The number of rotatable bonds is 5. The van der Waals surface area contributed by atoms with Gasteiger partial charge in [-0.1, -0.05) is 6.07 Å². The second-order valence-electron chi connectivity index (χ2n) is 9.37. The molecule has 2 N–H and O–H groups in total. The van der Waals surface area contributed by atoms with Crippen LogP contribution in [0.3, 0.4) is 0 Å². The molecular weight excluding hydrogens is 370 g/mol. The van der Waals surface area contributed by atoms with E-state index in [0.29, 0.717) is 17.8 Å². The van der Waals surface area contributed by atoms with Crippen LogP contribution in [-0.2, 0) is 9.47 Å². The smallest absolute Gasteiger partial charge is 0.412 e. The van der Waals surface area contributed by atoms with E-state index in [0.717, 1.165) is 13.1 Å². The van der Waals surface area contributed by atoms with Gasteiger partial charge in [-0.05, 0) is 66.7 Å². The standard InChI is InChI=1S/C22H35N3O4/c1-15-12-25(13-16(2)28-15)22(6,7)14-23-19(26)17-9-8-10-18(11-17)24-20(27)29-21(3,4)5/h8-11,15-16H,12-14H2,1-7H3,(H,23,26)(H,24,27)/t15-,16-/m0/s1. The van der Waals surface area contributed by atoms with Crippen molar-refractivity contribution in [1.82, 2.24) is 10.2 Å². The van der Waals surface area contributed by atoms with Crippen LogP contribution in [-0.4, -0.2) is 59.9 Å². The Labute approximate surface area is 174 Å². The third-order valence-electron chi connectivity index (χ3n) is 4.73. The molecule has 2 rings (SSSR count). The topological polar surface area (TPSA) is 79.9 Å². The summed E-state index contributed by atoms with van der Waals surface area (Å²) in [5.41, 5.74) is 0.216. The maximum Gasteiger partial charge on any atom is 0.412 e. The molecule has 2 atom stereocenters. The summed E-state index contributed by atoms with van der Waals surface area (Å²) in [4.78, 5) is 27.0. The molecule has 1 heterocycles. The molecule has 29 heavy (non-hydrogen) atoms. The minimum absolute atomic E-state index is 0.171. The van der Waals surface area contributed by atoms with E-state index in [9.17, 15) is 9.59 Å². The van der Waals surface area contributed by atoms with Crippen LogP contribution >= 0.6 is 0 Å². The molecule has 0 aromatic heterocycles. The summed E-state index contributed by atoms with van der Waals surface area (Å²) >= 11 is 0. The molecule has 1 fully saturated rings. The van der Waals surface area contributed by atoms with E-state index < -0.39 is 11.7 Å². The van der Waals surface area contributed by atoms with Gasteiger partial charge < -0.3 is 14.8 Å². The number of nitrogens with one attached hydrogen (secondary N) is 2. The molecule has 0 unspecified atom stereocenters. The zero-order valence-corrected chi connectivity index (χ0v) is 18.7. The van der Waals surface area contributed by atoms with Crippen LogP contribution in [0.1, 0.15) is 58.8 Å². The molecule has 0 aliphatic carbocycles. The highest BCUT2D eigenvalue weighted by Crippen LogP contribution is 2.21. The van der Waals surface area contributed by atoms with Crippen LogP contribution in [0.15, 0.2) is 24.3 Å². The Morgan fingerprint density at radius 2 is 1.76 bits per heavy atom. The average molecular weight is 406 g/mol. The Kier molecular flexibility index (Phi) is 7.30. The molecule has 0 bridgehead atoms. The lowest BCUT2D eigenvalue weighted by Crippen LogP contribution is -2.58. The van der Waals surface area contributed by atoms with E-state index in [1.54, 1.807) is 45.0 Å². The number of ether oxygens (including phenoxy) is 2. The molecule has 7 heteroatoms. The average Bonchev–Trinajstić information content (AvgIpc) is 2.57. The summed E-state index contributed by atoms with van der Waals surface area (Å²) < 4.78 is 11.1. The summed E-state index contributed by atoms with van der Waals surface area (Å²) in [6.45, 7) is 16.0. The summed E-state index contributed by atoms with van der Waals surface area (Å²) in [6, 6.07) is 6.83. The minimum atomic E-state index is -0.584. The Morgan fingerprint density at radius 1 is 1.14 bits per heavy atom. The number of morpholine rings is 1. The third-order valence-corrected chi connectivity index (χ3v) is 4.73. The maximum atomic E-state index is 12.7. The Bertz CT molecular complexity index is 717. The maximum absolute atomic E-state index is 12.7. The van der Waals surface area contributed by atoms with Crippen molar-refractivity contribution < 1.29 is 19.1 Å². The van der Waals surface area contributed by atoms with Gasteiger partial charge in [0.1, 0.15) is 5.60 Å². The van der Waals surface area contributed by atoms with Gasteiger partial charge in [0.25, 0.3) is 5.91 Å². The summed E-state index contributed by atoms with van der Waals surface area (Å²) in [7, 11) is 0. The van der Waals surface area contributed by atoms with Gasteiger partial charge in [-0.3, -0.25) is 15.0 Å². The predicted octanol–water partition coefficient (Wildman–Crippen LogP) is 3.65. The Hall–Kier alpha value is -2.12. The summed E-state index contributed by atoms with van der Waals surface area (Å²) in [5.74, 6) is -0.180. The Morgan fingerprint density at radius 3 is 2.34 bits per heavy atom. The van der Waals surface area contributed by atoms with Gasteiger partial charge in [-0.25, -0.2) is 4.79 Å². The molecule has 7 nitrogen and oxygen atoms in total. The number of amides is 2. The van der Waals surface area contributed by atoms with Crippen molar-refractivity contribution in [2.75, 3.05) is 25.0 Å². The molecule has 0 spiro atoms. The zero-order chi connectivity index (χ0) is 21.8. The predicted molar refractivity (Wildman–Crippen MR) is 114 cm³/mol. The quantitative estimate of drug-likeness (QED) is 0.782. The van der Waals surface area contributed by atoms with Crippen molar-refractivity contribution in [3.8, 4) is 0 Å². The fourth-order valence-corrected chi connectivity index (χ4v) is 3.34. The van der Waals surface area contributed by atoms with Crippen LogP contribution in [0.2, 0.25) is 0 Å². The highest BCUT2D eigenvalue weighted by Gasteiger charge is 2.33. The van der Waals surface area contributed by atoms with Crippen molar-refractivity contribution in [3.05, 3.63) is 29.8 Å². The first-order valence-corrected chi connectivity index (χ1v) is 10.1. The van der Waals surface area contributed by atoms with Crippen LogP contribution in [0.5, 0.6) is 0 Å². The molecule has 0 radical (unpaired) electrons. The first-order chi connectivity index (χ1) is 13.4. The zero-order valence-electron chi connectivity index (χ0n) is 18.7. The van der Waals surface area contributed by atoms with E-state index in [2.05, 4.69) is 43.2 Å². The molecule has 1 saturated heterocycles. The number of carbonyl (C=O) groups excluding carboxylic acids is 2. The minimum Gasteiger partial charge on any atom is -0.444 e. The van der Waals surface area contributed by atoms with Gasteiger partial charge in [0, 0.05) is 36.4 Å². The lowest BCUT2D eigenvalue weighted by molar-refractivity contribution is -0.0948. The number of hydrogen-bond donors (Lipinski definition) is 2. The van der Waals surface area contributed by atoms with Gasteiger partial charge in [0.2, 0.25) is 0 Å². The lowest BCUT2D eigenvalue weighted by Gasteiger charge is -2.45. The van der Waals surface area contributed by atoms with Gasteiger partial charge in [0.15, 0.2) is 0 Å². The van der Waals surface area contributed by atoms with Crippen molar-refractivity contribution in [3.63, 3.8) is 0 Å². The van der Waals surface area contributed by atoms with Crippen LogP contribution < -0.4 is 10.6 Å². The fourth-order valence-electron chi connectivity index (χ4n) is 3.34. The number of anilines is 1. The third kappa shape index (κ3) is 7.33. The van der Waals surface area contributed by atoms with Crippen LogP contribution in [0, 0.1) is 0 Å². The highest BCUT2D eigenvalue weighted by molar-refractivity contribution is 5.96. The molecule has 1 aliphatic rings. The number of carbonyl (C=O) groups is 2. The van der Waals surface area contributed by atoms with Crippen molar-refractivity contribution in [2.45, 2.75) is 71.8 Å². The van der Waals surface area contributed by atoms with E-state index in [4.69, 9.17) is 9.47 Å². The second-order valence-corrected chi connectivity index (χ2v) is 9.37. The van der Waals surface area contributed by atoms with E-state index in [1.165, 1.54) is 0 Å². The second kappa shape index (κ2) is 9.13. The van der Waals surface area contributed by atoms with E-state index in [-0.39, 0.29) is 23.7 Å². The van der Waals surface area contributed by atoms with Crippen LogP contribution in [0.25, 0.3) is 0 Å². The SMILES string of the molecule is C[C@H]1CN(C(C)(C)CNC(=O)c2cccc(NC(=O)OC(C)(C)C)c2)C[C@H](C)O1. The van der Waals surface area contributed by atoms with Crippen molar-refractivity contribution in [2.24, 2.45) is 0 Å². The first kappa shape index (κ1) is 23.2. The monoisotopic (exact) mass is 405 g/mol. The number of benzene rings is 1. The van der Waals surface area contributed by atoms with E-state index in [1.807, 2.05) is 0 Å². The summed E-state index contributed by atoms with van der Waals surface area (Å²) in [6.07, 6.45) is -0.208. The van der Waals surface area contributed by atoms with Gasteiger partial charge >= 0.3 is 6.09 Å². The number of nitrogens with zero attached hydrogens (tertiary/aromatic N) is 1. The molecule has 1 aromatic carbocycles. The van der Waals surface area contributed by atoms with Crippen molar-refractivity contribution in [1.29, 1.82) is 0 Å². The molecule has 1 aromatic rings. The fraction of sp³-hybridized carbons (Fsp3) is 0.636. The highest BCUT2D eigenvalue weighted by atomic mass is 16.6. The largest absolute Gasteiger partial charge is 0.444 e. The lowest BCUT2D eigenvalue weighted by atomic mass is 10.00. The molecule has 2 amide bonds. The molecule has 1 aliphatic heterocycles. The Balaban J connectivity index is 1.96. The molecule has 162 valence electrons. The van der Waals surface area contributed by atoms with Gasteiger partial charge in [-0.15, -0.1) is 0 Å². The van der Waals surface area contributed by atoms with Gasteiger partial charge in [-0.2, -0.15) is 0 Å². The summed E-state index contributed by atoms with van der Waals surface area (Å²) in [5, 5.41) is 5.68. The molecule has 0 saturated carbocycles.